The summed E-state index contributed by atoms with van der Waals surface area (Å²) in [4.78, 5) is 23.5. The maximum atomic E-state index is 13.0. The van der Waals surface area contributed by atoms with Gasteiger partial charge >= 0.3 is 0 Å². The third-order valence-electron chi connectivity index (χ3n) is 5.30. The molecule has 0 bridgehead atoms. The topological polar surface area (TPSA) is 105 Å². The van der Waals surface area contributed by atoms with Crippen LogP contribution in [0.1, 0.15) is 28.2 Å². The molecule has 0 atom stereocenters. The number of Topliss-reactive ketones (excluding diaryl/α,β-unsaturated/α-hetero) is 1. The number of methoxy groups -OCH3 is 1. The Hall–Kier alpha value is -3.24. The standard InChI is InChI=1S/C23H27N5O4S/c1-5-11-27-22(18-7-9-19(10-8-18)28(30)31)24-25-23(27)33-15-21(29)20-14-16(2)26(17(20)3)12-6-13-32-4/h5,7-10,14H,1,6,11-13,15H2,2-4H3. The lowest BCUT2D eigenvalue weighted by Crippen LogP contribution is -2.09. The van der Waals surface area contributed by atoms with E-state index in [1.54, 1.807) is 25.3 Å². The number of nitro groups is 1. The van der Waals surface area contributed by atoms with Crippen LogP contribution in [-0.4, -0.2) is 49.5 Å². The molecule has 2 aromatic heterocycles. The van der Waals surface area contributed by atoms with E-state index < -0.39 is 4.92 Å². The molecule has 10 heteroatoms. The lowest BCUT2D eigenvalue weighted by atomic mass is 10.2. The number of hydrogen-bond acceptors (Lipinski definition) is 7. The van der Waals surface area contributed by atoms with Gasteiger partial charge in [0.25, 0.3) is 5.69 Å². The quantitative estimate of drug-likeness (QED) is 0.0962. The molecular formula is C23H27N5O4S. The van der Waals surface area contributed by atoms with E-state index in [0.717, 1.165) is 24.4 Å². The molecule has 0 N–H and O–H groups in total. The summed E-state index contributed by atoms with van der Waals surface area (Å²) in [6, 6.07) is 8.07. The summed E-state index contributed by atoms with van der Waals surface area (Å²) in [5, 5.41) is 20.0. The highest BCUT2D eigenvalue weighted by Gasteiger charge is 2.19. The molecule has 0 radical (unpaired) electrons. The van der Waals surface area contributed by atoms with Gasteiger partial charge in [0.1, 0.15) is 0 Å². The number of ketones is 1. The Labute approximate surface area is 196 Å². The number of aromatic nitrogens is 4. The smallest absolute Gasteiger partial charge is 0.269 e. The van der Waals surface area contributed by atoms with Crippen molar-refractivity contribution < 1.29 is 14.5 Å². The number of hydrogen-bond donors (Lipinski definition) is 0. The molecule has 0 unspecified atom stereocenters. The van der Waals surface area contributed by atoms with Gasteiger partial charge < -0.3 is 9.30 Å². The van der Waals surface area contributed by atoms with Crippen molar-refractivity contribution >= 4 is 23.2 Å². The van der Waals surface area contributed by atoms with Crippen molar-refractivity contribution in [1.29, 1.82) is 0 Å². The number of allylic oxidation sites excluding steroid dienone is 1. The van der Waals surface area contributed by atoms with Crippen molar-refractivity contribution in [2.45, 2.75) is 38.5 Å². The lowest BCUT2D eigenvalue weighted by molar-refractivity contribution is -0.384. The molecule has 174 valence electrons. The highest BCUT2D eigenvalue weighted by Crippen LogP contribution is 2.27. The summed E-state index contributed by atoms with van der Waals surface area (Å²) < 4.78 is 9.12. The molecule has 0 aliphatic carbocycles. The first-order chi connectivity index (χ1) is 15.9. The average molecular weight is 470 g/mol. The van der Waals surface area contributed by atoms with E-state index in [1.807, 2.05) is 24.5 Å². The number of thioether (sulfide) groups is 1. The lowest BCUT2D eigenvalue weighted by Gasteiger charge is -2.09. The molecule has 2 heterocycles. The van der Waals surface area contributed by atoms with E-state index in [-0.39, 0.29) is 17.2 Å². The largest absolute Gasteiger partial charge is 0.385 e. The van der Waals surface area contributed by atoms with Gasteiger partial charge in [0.2, 0.25) is 0 Å². The molecule has 33 heavy (non-hydrogen) atoms. The minimum absolute atomic E-state index is 0.00792. The van der Waals surface area contributed by atoms with E-state index in [0.29, 0.717) is 35.3 Å². The van der Waals surface area contributed by atoms with Gasteiger partial charge in [-0.3, -0.25) is 19.5 Å². The number of rotatable bonds is 12. The van der Waals surface area contributed by atoms with E-state index in [2.05, 4.69) is 21.3 Å². The average Bonchev–Trinajstić information content (AvgIpc) is 3.33. The Morgan fingerprint density at radius 2 is 1.97 bits per heavy atom. The second kappa shape index (κ2) is 11.1. The number of nitro benzene ring substituents is 1. The molecule has 0 spiro atoms. The number of non-ortho nitro benzene ring substituents is 1. The van der Waals surface area contributed by atoms with Crippen LogP contribution in [0.4, 0.5) is 5.69 Å². The monoisotopic (exact) mass is 469 g/mol. The third-order valence-corrected chi connectivity index (χ3v) is 6.27. The molecular weight excluding hydrogens is 442 g/mol. The third kappa shape index (κ3) is 5.58. The summed E-state index contributed by atoms with van der Waals surface area (Å²) in [6.07, 6.45) is 2.60. The number of benzene rings is 1. The van der Waals surface area contributed by atoms with Gasteiger partial charge in [0.15, 0.2) is 16.8 Å². The molecule has 0 saturated carbocycles. The first-order valence-electron chi connectivity index (χ1n) is 10.5. The van der Waals surface area contributed by atoms with Crippen LogP contribution in [0.3, 0.4) is 0 Å². The van der Waals surface area contributed by atoms with E-state index in [9.17, 15) is 14.9 Å². The van der Waals surface area contributed by atoms with Crippen molar-refractivity contribution in [2.75, 3.05) is 19.5 Å². The van der Waals surface area contributed by atoms with Crippen LogP contribution in [-0.2, 0) is 17.8 Å². The molecule has 0 aliphatic heterocycles. The zero-order valence-corrected chi connectivity index (χ0v) is 19.8. The molecule has 0 aliphatic rings. The van der Waals surface area contributed by atoms with E-state index in [4.69, 9.17) is 4.74 Å². The summed E-state index contributed by atoms with van der Waals surface area (Å²) in [6.45, 7) is 9.68. The Bertz CT molecular complexity index is 1150. The number of aryl methyl sites for hydroxylation is 1. The Kier molecular flexibility index (Phi) is 8.18. The summed E-state index contributed by atoms with van der Waals surface area (Å²) in [7, 11) is 1.68. The second-order valence-corrected chi connectivity index (χ2v) is 8.45. The molecule has 0 saturated heterocycles. The van der Waals surface area contributed by atoms with Crippen LogP contribution in [0.15, 0.2) is 48.1 Å². The fraction of sp³-hybridized carbons (Fsp3) is 0.348. The highest BCUT2D eigenvalue weighted by atomic mass is 32.2. The van der Waals surface area contributed by atoms with Gasteiger partial charge in [-0.1, -0.05) is 17.8 Å². The van der Waals surface area contributed by atoms with Gasteiger partial charge in [-0.15, -0.1) is 16.8 Å². The maximum Gasteiger partial charge on any atom is 0.269 e. The van der Waals surface area contributed by atoms with Crippen molar-refractivity contribution in [3.63, 3.8) is 0 Å². The van der Waals surface area contributed by atoms with Gasteiger partial charge in [0.05, 0.1) is 10.7 Å². The minimum Gasteiger partial charge on any atom is -0.385 e. The van der Waals surface area contributed by atoms with Crippen molar-refractivity contribution in [2.24, 2.45) is 0 Å². The normalized spacial score (nSPS) is 11.0. The minimum atomic E-state index is -0.445. The molecule has 0 amide bonds. The van der Waals surface area contributed by atoms with Crippen LogP contribution in [0.25, 0.3) is 11.4 Å². The van der Waals surface area contributed by atoms with Crippen LogP contribution < -0.4 is 0 Å². The van der Waals surface area contributed by atoms with Crippen LogP contribution in [0, 0.1) is 24.0 Å². The van der Waals surface area contributed by atoms with Crippen LogP contribution in [0.5, 0.6) is 0 Å². The highest BCUT2D eigenvalue weighted by molar-refractivity contribution is 7.99. The number of nitrogens with zero attached hydrogens (tertiary/aromatic N) is 5. The zero-order valence-electron chi connectivity index (χ0n) is 19.0. The van der Waals surface area contributed by atoms with Gasteiger partial charge in [-0.05, 0) is 38.5 Å². The summed E-state index contributed by atoms with van der Waals surface area (Å²) in [5.41, 5.74) is 3.42. The first kappa shape index (κ1) is 24.4. The van der Waals surface area contributed by atoms with E-state index in [1.165, 1.54) is 23.9 Å². The molecule has 3 rings (SSSR count). The summed E-state index contributed by atoms with van der Waals surface area (Å²) >= 11 is 1.31. The number of carbonyl (C=O) groups excluding carboxylic acids is 1. The van der Waals surface area contributed by atoms with Gasteiger partial charge in [0, 0.05) is 61.5 Å². The van der Waals surface area contributed by atoms with Crippen molar-refractivity contribution in [3.8, 4) is 11.4 Å². The second-order valence-electron chi connectivity index (χ2n) is 7.50. The fourth-order valence-electron chi connectivity index (χ4n) is 3.64. The van der Waals surface area contributed by atoms with Crippen molar-refractivity contribution in [3.05, 3.63) is 70.1 Å². The zero-order chi connectivity index (χ0) is 24.0. The molecule has 0 fully saturated rings. The predicted octanol–water partition coefficient (Wildman–Crippen LogP) is 4.47. The molecule has 9 nitrogen and oxygen atoms in total. The maximum absolute atomic E-state index is 13.0. The Balaban J connectivity index is 1.76. The SMILES string of the molecule is C=CCn1c(SCC(=O)c2cc(C)n(CCCOC)c2C)nnc1-c1ccc([N+](=O)[O-])cc1. The van der Waals surface area contributed by atoms with Crippen molar-refractivity contribution in [1.82, 2.24) is 19.3 Å². The summed E-state index contributed by atoms with van der Waals surface area (Å²) in [5.74, 6) is 0.810. The Morgan fingerprint density at radius 3 is 2.61 bits per heavy atom. The number of ether oxygens (including phenoxy) is 1. The predicted molar refractivity (Wildman–Crippen MR) is 128 cm³/mol. The Morgan fingerprint density at radius 1 is 1.24 bits per heavy atom. The van der Waals surface area contributed by atoms with Gasteiger partial charge in [-0.25, -0.2) is 0 Å². The van der Waals surface area contributed by atoms with Crippen LogP contribution >= 0.6 is 11.8 Å². The molecule has 3 aromatic rings. The molecule has 1 aromatic carbocycles. The van der Waals surface area contributed by atoms with Gasteiger partial charge in [-0.2, -0.15) is 0 Å². The fourth-order valence-corrected chi connectivity index (χ4v) is 4.47. The van der Waals surface area contributed by atoms with Crippen LogP contribution in [0.2, 0.25) is 0 Å². The first-order valence-corrected chi connectivity index (χ1v) is 11.5. The number of carbonyl (C=O) groups is 1. The van der Waals surface area contributed by atoms with E-state index >= 15 is 0 Å².